The minimum Gasteiger partial charge on any atom is -0.338 e. The second-order valence-electron chi connectivity index (χ2n) is 9.87. The Bertz CT molecular complexity index is 1200. The molecule has 1 saturated carbocycles. The maximum Gasteiger partial charge on any atom is 0.292 e. The first-order valence-corrected chi connectivity index (χ1v) is 13.9. The number of ether oxygens (including phenoxy) is 2. The van der Waals surface area contributed by atoms with E-state index >= 15 is 0 Å². The largest absolute Gasteiger partial charge is 0.338 e. The second-order valence-corrected chi connectivity index (χ2v) is 11.8. The van der Waals surface area contributed by atoms with Gasteiger partial charge in [-0.1, -0.05) is 30.3 Å². The van der Waals surface area contributed by atoms with Gasteiger partial charge in [0.05, 0.1) is 23.8 Å². The van der Waals surface area contributed by atoms with Crippen molar-refractivity contribution in [3.8, 4) is 0 Å². The molecule has 1 amide bonds. The molecule has 0 atom stereocenters. The molecule has 8 nitrogen and oxygen atoms in total. The molecular weight excluding hydrogens is 466 g/mol. The van der Waals surface area contributed by atoms with E-state index in [4.69, 9.17) is 9.47 Å². The van der Waals surface area contributed by atoms with Gasteiger partial charge in [0.1, 0.15) is 0 Å². The van der Waals surface area contributed by atoms with Crippen molar-refractivity contribution >= 4 is 21.6 Å². The van der Waals surface area contributed by atoms with Gasteiger partial charge in [0.25, 0.3) is 11.7 Å². The Hall–Kier alpha value is -2.30. The van der Waals surface area contributed by atoms with Crippen LogP contribution in [-0.2, 0) is 36.6 Å². The number of benzene rings is 2. The summed E-state index contributed by atoms with van der Waals surface area (Å²) in [6.45, 7) is 4.44. The van der Waals surface area contributed by atoms with Crippen molar-refractivity contribution in [3.05, 3.63) is 59.7 Å². The molecule has 9 heteroatoms. The maximum absolute atomic E-state index is 13.6. The second kappa shape index (κ2) is 8.97. The van der Waals surface area contributed by atoms with Gasteiger partial charge in [0, 0.05) is 44.8 Å². The normalized spacial score (nSPS) is 23.1. The number of hydrogen-bond donors (Lipinski definition) is 0. The number of amides is 1. The molecule has 0 unspecified atom stereocenters. The highest BCUT2D eigenvalue weighted by atomic mass is 32.2. The van der Waals surface area contributed by atoms with Gasteiger partial charge in [-0.25, -0.2) is 8.42 Å². The van der Waals surface area contributed by atoms with E-state index in [2.05, 4.69) is 17.0 Å². The number of rotatable bonds is 6. The van der Waals surface area contributed by atoms with Crippen LogP contribution in [0.3, 0.4) is 0 Å². The third-order valence-electron chi connectivity index (χ3n) is 7.40. The predicted octanol–water partition coefficient (Wildman–Crippen LogP) is 2.54. The van der Waals surface area contributed by atoms with Gasteiger partial charge in [0.2, 0.25) is 10.0 Å². The lowest BCUT2D eigenvalue weighted by Crippen LogP contribution is -2.48. The molecule has 0 radical (unpaired) electrons. The summed E-state index contributed by atoms with van der Waals surface area (Å²) in [6, 6.07) is 15.2. The number of fused-ring (bicyclic) bond motifs is 2. The zero-order valence-corrected chi connectivity index (χ0v) is 20.6. The zero-order valence-electron chi connectivity index (χ0n) is 19.8. The van der Waals surface area contributed by atoms with Crippen LogP contribution in [0.4, 0.5) is 5.69 Å². The Morgan fingerprint density at radius 3 is 2.34 bits per heavy atom. The smallest absolute Gasteiger partial charge is 0.292 e. The zero-order chi connectivity index (χ0) is 24.0. The Labute approximate surface area is 206 Å². The Morgan fingerprint density at radius 1 is 0.943 bits per heavy atom. The highest BCUT2D eigenvalue weighted by Gasteiger charge is 2.56. The van der Waals surface area contributed by atoms with Gasteiger partial charge in [0.15, 0.2) is 0 Å². The molecule has 2 aromatic rings. The quantitative estimate of drug-likeness (QED) is 0.610. The number of carbonyl (C=O) groups is 1. The molecule has 0 bridgehead atoms. The highest BCUT2D eigenvalue weighted by molar-refractivity contribution is 7.89. The lowest BCUT2D eigenvalue weighted by molar-refractivity contribution is -0.256. The average Bonchev–Trinajstić information content (AvgIpc) is 3.69. The molecule has 3 heterocycles. The Kier molecular flexibility index (Phi) is 5.93. The van der Waals surface area contributed by atoms with Crippen LogP contribution in [0.15, 0.2) is 53.4 Å². The van der Waals surface area contributed by atoms with Gasteiger partial charge in [-0.15, -0.1) is 0 Å². The van der Waals surface area contributed by atoms with Crippen LogP contribution < -0.4 is 4.90 Å². The van der Waals surface area contributed by atoms with Crippen molar-refractivity contribution in [2.45, 2.75) is 36.5 Å². The van der Waals surface area contributed by atoms with Crippen molar-refractivity contribution in [2.75, 3.05) is 50.8 Å². The molecule has 0 aromatic heterocycles. The standard InChI is InChI=1S/C26H31N3O5S/c30-25-26(33-15-4-16-34-26)23-17-22(9-10-24(23)29(25)19-21-7-8-21)35(31,32)28-13-11-27(12-14-28)18-20-5-2-1-3-6-20/h1-3,5-6,9-10,17,21H,4,7-8,11-16,18-19H2. The van der Waals surface area contributed by atoms with Crippen LogP contribution in [0, 0.1) is 5.92 Å². The van der Waals surface area contributed by atoms with E-state index in [0.29, 0.717) is 69.5 Å². The fourth-order valence-electron chi connectivity index (χ4n) is 5.25. The first-order chi connectivity index (χ1) is 17.0. The molecule has 3 aliphatic heterocycles. The Balaban J connectivity index is 1.24. The topological polar surface area (TPSA) is 79.4 Å². The molecule has 2 saturated heterocycles. The van der Waals surface area contributed by atoms with Crippen molar-refractivity contribution < 1.29 is 22.7 Å². The molecule has 2 aromatic carbocycles. The summed E-state index contributed by atoms with van der Waals surface area (Å²) in [4.78, 5) is 17.7. The van der Waals surface area contributed by atoms with Crippen LogP contribution in [0.1, 0.15) is 30.4 Å². The summed E-state index contributed by atoms with van der Waals surface area (Å²) in [5.74, 6) is -1.27. The Morgan fingerprint density at radius 2 is 1.66 bits per heavy atom. The molecular formula is C26H31N3O5S. The van der Waals surface area contributed by atoms with Crippen LogP contribution in [0.25, 0.3) is 0 Å². The summed E-state index contributed by atoms with van der Waals surface area (Å²) < 4.78 is 40.7. The van der Waals surface area contributed by atoms with Crippen LogP contribution in [0.5, 0.6) is 0 Å². The fourth-order valence-corrected chi connectivity index (χ4v) is 6.70. The number of hydrogen-bond acceptors (Lipinski definition) is 6. The molecule has 186 valence electrons. The monoisotopic (exact) mass is 497 g/mol. The van der Waals surface area contributed by atoms with E-state index in [1.165, 1.54) is 5.56 Å². The van der Waals surface area contributed by atoms with Crippen LogP contribution in [0.2, 0.25) is 0 Å². The minimum atomic E-state index is -3.72. The number of anilines is 1. The van der Waals surface area contributed by atoms with Gasteiger partial charge < -0.3 is 14.4 Å². The lowest BCUT2D eigenvalue weighted by atomic mass is 10.1. The summed E-state index contributed by atoms with van der Waals surface area (Å²) in [6.07, 6.45) is 2.92. The number of carbonyl (C=O) groups excluding carboxylic acids is 1. The van der Waals surface area contributed by atoms with Gasteiger partial charge in [-0.2, -0.15) is 4.31 Å². The van der Waals surface area contributed by atoms with E-state index in [9.17, 15) is 13.2 Å². The van der Waals surface area contributed by atoms with Crippen molar-refractivity contribution in [2.24, 2.45) is 5.92 Å². The first kappa shape index (κ1) is 23.1. The number of sulfonamides is 1. The average molecular weight is 498 g/mol. The van der Waals surface area contributed by atoms with Gasteiger partial charge in [-0.3, -0.25) is 9.69 Å². The molecule has 6 rings (SSSR count). The summed E-state index contributed by atoms with van der Waals surface area (Å²) in [7, 11) is -3.72. The van der Waals surface area contributed by atoms with Crippen LogP contribution >= 0.6 is 0 Å². The molecule has 0 N–H and O–H groups in total. The van der Waals surface area contributed by atoms with Crippen molar-refractivity contribution in [1.29, 1.82) is 0 Å². The third-order valence-corrected chi connectivity index (χ3v) is 9.29. The van der Waals surface area contributed by atoms with E-state index < -0.39 is 15.8 Å². The van der Waals surface area contributed by atoms with E-state index in [-0.39, 0.29) is 10.8 Å². The minimum absolute atomic E-state index is 0.186. The van der Waals surface area contributed by atoms with E-state index in [0.717, 1.165) is 19.4 Å². The van der Waals surface area contributed by atoms with Gasteiger partial charge >= 0.3 is 0 Å². The molecule has 3 fully saturated rings. The van der Waals surface area contributed by atoms with E-state index in [1.807, 2.05) is 18.2 Å². The maximum atomic E-state index is 13.6. The van der Waals surface area contributed by atoms with E-state index in [1.54, 1.807) is 27.4 Å². The van der Waals surface area contributed by atoms with Crippen LogP contribution in [-0.4, -0.2) is 69.5 Å². The molecule has 35 heavy (non-hydrogen) atoms. The predicted molar refractivity (Wildman–Crippen MR) is 130 cm³/mol. The highest BCUT2D eigenvalue weighted by Crippen LogP contribution is 2.47. The fraction of sp³-hybridized carbons (Fsp3) is 0.500. The summed E-state index contributed by atoms with van der Waals surface area (Å²) in [5.41, 5.74) is 2.45. The third kappa shape index (κ3) is 4.19. The van der Waals surface area contributed by atoms with Crippen molar-refractivity contribution in [3.63, 3.8) is 0 Å². The van der Waals surface area contributed by atoms with Gasteiger partial charge in [-0.05, 0) is 48.9 Å². The molecule has 1 aliphatic carbocycles. The number of piperazine rings is 1. The lowest BCUT2D eigenvalue weighted by Gasteiger charge is -2.34. The van der Waals surface area contributed by atoms with Crippen molar-refractivity contribution in [1.82, 2.24) is 9.21 Å². The SMILES string of the molecule is O=C1N(CC2CC2)c2ccc(S(=O)(=O)N3CCN(Cc4ccccc4)CC3)cc2C12OCCCO2. The molecule has 1 spiro atoms. The first-order valence-electron chi connectivity index (χ1n) is 12.5. The summed E-state index contributed by atoms with van der Waals surface area (Å²) in [5, 5.41) is 0. The summed E-state index contributed by atoms with van der Waals surface area (Å²) >= 11 is 0. The molecule has 4 aliphatic rings. The number of nitrogens with zero attached hydrogens (tertiary/aromatic N) is 3.